The highest BCUT2D eigenvalue weighted by Gasteiger charge is 2.57. The molecule has 5 rings (SSSR count). The van der Waals surface area contributed by atoms with Gasteiger partial charge in [0.1, 0.15) is 11.6 Å². The van der Waals surface area contributed by atoms with Crippen LogP contribution in [0, 0.1) is 16.0 Å². The molecule has 0 unspecified atom stereocenters. The van der Waals surface area contributed by atoms with Crippen LogP contribution in [0.3, 0.4) is 0 Å². The van der Waals surface area contributed by atoms with Crippen molar-refractivity contribution in [3.63, 3.8) is 0 Å². The molecule has 152 valence electrons. The van der Waals surface area contributed by atoms with E-state index in [1.54, 1.807) is 24.3 Å². The number of ketones is 1. The lowest BCUT2D eigenvalue weighted by Gasteiger charge is -2.15. The first-order chi connectivity index (χ1) is 15.0. The van der Waals surface area contributed by atoms with E-state index in [0.717, 1.165) is 16.4 Å². The summed E-state index contributed by atoms with van der Waals surface area (Å²) in [5.74, 6) is -3.15. The third-order valence-electron chi connectivity index (χ3n) is 5.38. The van der Waals surface area contributed by atoms with Gasteiger partial charge in [-0.1, -0.05) is 53.7 Å². The molecule has 31 heavy (non-hydrogen) atoms. The molecule has 3 aromatic rings. The fourth-order valence-corrected chi connectivity index (χ4v) is 3.93. The summed E-state index contributed by atoms with van der Waals surface area (Å²) in [6.07, 6.45) is -1.28. The molecule has 2 amide bonds. The Labute approximate surface area is 174 Å². The maximum Gasteiger partial charge on any atom is 0.278 e. The zero-order valence-electron chi connectivity index (χ0n) is 15.8. The standard InChI is InChI=1S/C22H13N3O6/c26-19(16-10-3-6-12-5-1-2-9-15(12)16)18-17-20(31-23-18)22(28)24(21(17)27)13-7-4-8-14(11-13)25(29)30/h1-11,17,20H/t17-,20-/m1/s1. The lowest BCUT2D eigenvalue weighted by Crippen LogP contribution is -2.34. The number of amides is 2. The smallest absolute Gasteiger partial charge is 0.278 e. The van der Waals surface area contributed by atoms with Crippen LogP contribution < -0.4 is 4.90 Å². The van der Waals surface area contributed by atoms with Crippen LogP contribution in [0.4, 0.5) is 11.4 Å². The molecule has 2 aliphatic heterocycles. The molecule has 0 aromatic heterocycles. The van der Waals surface area contributed by atoms with Crippen LogP contribution in [-0.4, -0.2) is 34.3 Å². The van der Waals surface area contributed by atoms with E-state index in [1.165, 1.54) is 18.2 Å². The summed E-state index contributed by atoms with van der Waals surface area (Å²) < 4.78 is 0. The van der Waals surface area contributed by atoms with Gasteiger partial charge in [0.25, 0.3) is 11.6 Å². The quantitative estimate of drug-likeness (QED) is 0.280. The van der Waals surface area contributed by atoms with Gasteiger partial charge in [0, 0.05) is 17.7 Å². The zero-order valence-corrected chi connectivity index (χ0v) is 15.8. The minimum atomic E-state index is -1.28. The predicted molar refractivity (Wildman–Crippen MR) is 110 cm³/mol. The van der Waals surface area contributed by atoms with Gasteiger partial charge in [0.05, 0.1) is 10.6 Å². The van der Waals surface area contributed by atoms with Crippen molar-refractivity contribution < 1.29 is 24.1 Å². The summed E-state index contributed by atoms with van der Waals surface area (Å²) in [4.78, 5) is 55.6. The number of imide groups is 1. The molecule has 2 atom stereocenters. The third kappa shape index (κ3) is 2.78. The first kappa shape index (κ1) is 18.6. The van der Waals surface area contributed by atoms with Crippen molar-refractivity contribution in [1.82, 2.24) is 0 Å². The number of carbonyl (C=O) groups is 3. The molecule has 9 nitrogen and oxygen atoms in total. The van der Waals surface area contributed by atoms with Gasteiger partial charge in [-0.15, -0.1) is 0 Å². The Hall–Kier alpha value is -4.40. The molecular formula is C22H13N3O6. The first-order valence-corrected chi connectivity index (χ1v) is 9.36. The van der Waals surface area contributed by atoms with Gasteiger partial charge < -0.3 is 4.84 Å². The SMILES string of the molecule is O=C(C1=NO[C@H]2C(=O)N(c3cccc([N+](=O)[O-])c3)C(=O)[C@H]12)c1cccc2ccccc12. The van der Waals surface area contributed by atoms with Crippen LogP contribution in [0.2, 0.25) is 0 Å². The summed E-state index contributed by atoms with van der Waals surface area (Å²) in [6, 6.07) is 17.7. The van der Waals surface area contributed by atoms with Crippen molar-refractivity contribution in [2.24, 2.45) is 11.1 Å². The Morgan fingerprint density at radius 2 is 1.74 bits per heavy atom. The minimum absolute atomic E-state index is 0.0409. The van der Waals surface area contributed by atoms with Crippen molar-refractivity contribution in [2.75, 3.05) is 4.90 Å². The number of Topliss-reactive ketones (excluding diaryl/α,β-unsaturated/α-hetero) is 1. The van der Waals surface area contributed by atoms with Gasteiger partial charge in [0.2, 0.25) is 17.8 Å². The average molecular weight is 415 g/mol. The number of benzene rings is 3. The van der Waals surface area contributed by atoms with E-state index < -0.39 is 34.5 Å². The summed E-state index contributed by atoms with van der Waals surface area (Å²) in [6.45, 7) is 0. The fourth-order valence-electron chi connectivity index (χ4n) is 3.93. The summed E-state index contributed by atoms with van der Waals surface area (Å²) in [5.41, 5.74) is -0.0428. The molecular weight excluding hydrogens is 402 g/mol. The highest BCUT2D eigenvalue weighted by atomic mass is 16.7. The minimum Gasteiger partial charge on any atom is -0.381 e. The first-order valence-electron chi connectivity index (χ1n) is 9.36. The number of non-ortho nitro benzene ring substituents is 1. The molecule has 2 aliphatic rings. The molecule has 1 saturated heterocycles. The Bertz CT molecular complexity index is 1330. The van der Waals surface area contributed by atoms with Gasteiger partial charge in [0.15, 0.2) is 0 Å². The Kier molecular flexibility index (Phi) is 4.11. The van der Waals surface area contributed by atoms with E-state index in [1.807, 2.05) is 18.2 Å². The van der Waals surface area contributed by atoms with E-state index in [0.29, 0.717) is 10.9 Å². The molecule has 9 heteroatoms. The second-order valence-corrected chi connectivity index (χ2v) is 7.12. The van der Waals surface area contributed by atoms with E-state index in [9.17, 15) is 24.5 Å². The maximum atomic E-state index is 13.3. The highest BCUT2D eigenvalue weighted by Crippen LogP contribution is 2.35. The molecule has 0 saturated carbocycles. The molecule has 3 aromatic carbocycles. The topological polar surface area (TPSA) is 119 Å². The number of nitrogens with zero attached hydrogens (tertiary/aromatic N) is 3. The number of hydrogen-bond acceptors (Lipinski definition) is 7. The van der Waals surface area contributed by atoms with E-state index >= 15 is 0 Å². The lowest BCUT2D eigenvalue weighted by molar-refractivity contribution is -0.384. The number of nitro groups is 1. The van der Waals surface area contributed by atoms with Crippen molar-refractivity contribution in [1.29, 1.82) is 0 Å². The van der Waals surface area contributed by atoms with Gasteiger partial charge >= 0.3 is 0 Å². The van der Waals surface area contributed by atoms with Gasteiger partial charge in [-0.25, -0.2) is 4.90 Å². The monoisotopic (exact) mass is 415 g/mol. The van der Waals surface area contributed by atoms with Gasteiger partial charge in [-0.2, -0.15) is 0 Å². The zero-order chi connectivity index (χ0) is 21.7. The molecule has 0 bridgehead atoms. The third-order valence-corrected chi connectivity index (χ3v) is 5.38. The maximum absolute atomic E-state index is 13.3. The highest BCUT2D eigenvalue weighted by molar-refractivity contribution is 6.53. The summed E-state index contributed by atoms with van der Waals surface area (Å²) in [7, 11) is 0. The largest absolute Gasteiger partial charge is 0.381 e. The number of oxime groups is 1. The van der Waals surface area contributed by atoms with Crippen LogP contribution in [0.1, 0.15) is 10.4 Å². The van der Waals surface area contributed by atoms with Crippen LogP contribution in [0.15, 0.2) is 71.9 Å². The van der Waals surface area contributed by atoms with Gasteiger partial charge in [-0.05, 0) is 16.8 Å². The number of nitro benzene ring substituents is 1. The molecule has 1 fully saturated rings. The van der Waals surface area contributed by atoms with E-state index in [2.05, 4.69) is 5.16 Å². The lowest BCUT2D eigenvalue weighted by atomic mass is 9.91. The van der Waals surface area contributed by atoms with Crippen LogP contribution in [0.25, 0.3) is 10.8 Å². The van der Waals surface area contributed by atoms with E-state index in [-0.39, 0.29) is 17.1 Å². The van der Waals surface area contributed by atoms with E-state index in [4.69, 9.17) is 4.84 Å². The molecule has 0 radical (unpaired) electrons. The summed E-state index contributed by atoms with van der Waals surface area (Å²) >= 11 is 0. The molecule has 0 spiro atoms. The second-order valence-electron chi connectivity index (χ2n) is 7.12. The Morgan fingerprint density at radius 3 is 2.55 bits per heavy atom. The van der Waals surface area contributed by atoms with Crippen molar-refractivity contribution in [3.05, 3.63) is 82.4 Å². The predicted octanol–water partition coefficient (Wildman–Crippen LogP) is 2.88. The average Bonchev–Trinajstić information content (AvgIpc) is 3.33. The Balaban J connectivity index is 1.52. The van der Waals surface area contributed by atoms with Crippen molar-refractivity contribution >= 4 is 45.5 Å². The fraction of sp³-hybridized carbons (Fsp3) is 0.0909. The number of fused-ring (bicyclic) bond motifs is 2. The van der Waals surface area contributed by atoms with Crippen LogP contribution in [0.5, 0.6) is 0 Å². The number of anilines is 1. The number of carbonyl (C=O) groups excluding carboxylic acids is 3. The van der Waals surface area contributed by atoms with Crippen molar-refractivity contribution in [2.45, 2.75) is 6.10 Å². The second kappa shape index (κ2) is 6.84. The van der Waals surface area contributed by atoms with Gasteiger partial charge in [-0.3, -0.25) is 24.5 Å². The number of rotatable bonds is 4. The van der Waals surface area contributed by atoms with Crippen LogP contribution >= 0.6 is 0 Å². The van der Waals surface area contributed by atoms with Crippen LogP contribution in [-0.2, 0) is 14.4 Å². The Morgan fingerprint density at radius 1 is 1.00 bits per heavy atom. The number of hydrogen-bond donors (Lipinski definition) is 0. The normalized spacial score (nSPS) is 19.9. The van der Waals surface area contributed by atoms with Crippen molar-refractivity contribution in [3.8, 4) is 0 Å². The molecule has 2 heterocycles. The molecule has 0 N–H and O–H groups in total. The molecule has 0 aliphatic carbocycles. The summed E-state index contributed by atoms with van der Waals surface area (Å²) in [5, 5.41) is 16.4.